The molecule has 2 amide bonds. The van der Waals surface area contributed by atoms with Crippen molar-refractivity contribution in [2.75, 3.05) is 18.9 Å². The zero-order valence-electron chi connectivity index (χ0n) is 12.5. The molecule has 5 nitrogen and oxygen atoms in total. The molecule has 2 N–H and O–H groups in total. The molecule has 6 heteroatoms. The molecule has 0 aliphatic rings. The Kier molecular flexibility index (Phi) is 5.16. The minimum Gasteiger partial charge on any atom is -0.464 e. The second kappa shape index (κ2) is 7.09. The number of halogens is 1. The van der Waals surface area contributed by atoms with Crippen molar-refractivity contribution in [2.24, 2.45) is 0 Å². The molecule has 0 aliphatic heterocycles. The van der Waals surface area contributed by atoms with Crippen molar-refractivity contribution in [3.8, 4) is 11.3 Å². The maximum absolute atomic E-state index is 13.8. The number of hydrogen-bond donors (Lipinski definition) is 2. The fourth-order valence-corrected chi connectivity index (χ4v) is 1.91. The van der Waals surface area contributed by atoms with Crippen LogP contribution >= 0.6 is 0 Å². The largest absolute Gasteiger partial charge is 0.464 e. The van der Waals surface area contributed by atoms with Crippen molar-refractivity contribution in [3.63, 3.8) is 0 Å². The van der Waals surface area contributed by atoms with E-state index < -0.39 is 18.0 Å². The van der Waals surface area contributed by atoms with Crippen molar-refractivity contribution in [1.29, 1.82) is 0 Å². The third-order valence-corrected chi connectivity index (χ3v) is 3.24. The molecule has 1 heterocycles. The van der Waals surface area contributed by atoms with E-state index in [4.69, 9.17) is 4.42 Å². The molecule has 0 saturated heterocycles. The molecule has 0 aliphatic carbocycles. The van der Waals surface area contributed by atoms with E-state index in [1.807, 2.05) is 0 Å². The van der Waals surface area contributed by atoms with Crippen molar-refractivity contribution in [3.05, 3.63) is 42.4 Å². The molecular weight excluding hydrogens is 287 g/mol. The Labute approximate surface area is 128 Å². The average Bonchev–Trinajstić information content (AvgIpc) is 3.01. The van der Waals surface area contributed by atoms with Gasteiger partial charge in [-0.2, -0.15) is 0 Å². The van der Waals surface area contributed by atoms with Crippen LogP contribution in [-0.2, 0) is 0 Å². The van der Waals surface area contributed by atoms with Gasteiger partial charge in [0, 0.05) is 19.2 Å². The second-order valence-corrected chi connectivity index (χ2v) is 5.16. The summed E-state index contributed by atoms with van der Waals surface area (Å²) in [6.07, 6.45) is 1.49. The summed E-state index contributed by atoms with van der Waals surface area (Å²) in [4.78, 5) is 13.4. The number of anilines is 1. The van der Waals surface area contributed by atoms with Gasteiger partial charge < -0.3 is 19.7 Å². The first-order valence-electron chi connectivity index (χ1n) is 7.01. The van der Waals surface area contributed by atoms with E-state index in [1.54, 1.807) is 32.2 Å². The van der Waals surface area contributed by atoms with E-state index in [-0.39, 0.29) is 5.69 Å². The van der Waals surface area contributed by atoms with Gasteiger partial charge in [0.1, 0.15) is 11.6 Å². The number of hydrogen-bond acceptors (Lipinski definition) is 3. The highest BCUT2D eigenvalue weighted by atomic mass is 19.1. The van der Waals surface area contributed by atoms with E-state index in [0.717, 1.165) is 0 Å². The predicted octanol–water partition coefficient (Wildman–Crippen LogP) is 3.32. The molecule has 2 rings (SSSR count). The van der Waals surface area contributed by atoms with E-state index in [2.05, 4.69) is 5.32 Å². The van der Waals surface area contributed by atoms with Crippen LogP contribution in [0, 0.1) is 5.82 Å². The topological polar surface area (TPSA) is 65.7 Å². The smallest absolute Gasteiger partial charge is 0.321 e. The molecule has 2 aromatic rings. The van der Waals surface area contributed by atoms with E-state index in [1.165, 1.54) is 23.3 Å². The van der Waals surface area contributed by atoms with E-state index in [0.29, 0.717) is 24.3 Å². The summed E-state index contributed by atoms with van der Waals surface area (Å²) in [5, 5.41) is 11.8. The molecule has 1 unspecified atom stereocenters. The quantitative estimate of drug-likeness (QED) is 0.890. The molecule has 0 fully saturated rings. The van der Waals surface area contributed by atoms with Gasteiger partial charge in [-0.25, -0.2) is 9.18 Å². The van der Waals surface area contributed by atoms with Gasteiger partial charge in [0.2, 0.25) is 0 Å². The number of urea groups is 1. The number of carbonyl (C=O) groups is 1. The summed E-state index contributed by atoms with van der Waals surface area (Å²) in [7, 11) is 1.59. The number of benzene rings is 1. The van der Waals surface area contributed by atoms with Crippen LogP contribution < -0.4 is 5.32 Å². The van der Waals surface area contributed by atoms with Gasteiger partial charge in [-0.1, -0.05) is 0 Å². The number of rotatable bonds is 5. The zero-order chi connectivity index (χ0) is 16.1. The van der Waals surface area contributed by atoms with Crippen molar-refractivity contribution in [1.82, 2.24) is 4.90 Å². The number of aliphatic hydroxyl groups is 1. The van der Waals surface area contributed by atoms with Crippen LogP contribution in [0.25, 0.3) is 11.3 Å². The summed E-state index contributed by atoms with van der Waals surface area (Å²) < 4.78 is 19.1. The minimum atomic E-state index is -0.521. The Hall–Kier alpha value is -2.34. The maximum Gasteiger partial charge on any atom is 0.321 e. The van der Waals surface area contributed by atoms with Crippen LogP contribution in [0.15, 0.2) is 41.0 Å². The van der Waals surface area contributed by atoms with Gasteiger partial charge in [0.25, 0.3) is 0 Å². The molecule has 0 spiro atoms. The second-order valence-electron chi connectivity index (χ2n) is 5.16. The van der Waals surface area contributed by atoms with Gasteiger partial charge in [0.05, 0.1) is 18.1 Å². The highest BCUT2D eigenvalue weighted by Gasteiger charge is 2.13. The Bertz CT molecular complexity index is 626. The van der Waals surface area contributed by atoms with E-state index >= 15 is 0 Å². The van der Waals surface area contributed by atoms with Crippen LogP contribution in [0.1, 0.15) is 13.3 Å². The maximum atomic E-state index is 13.8. The molecule has 0 bridgehead atoms. The number of furan rings is 1. The molecule has 0 saturated carbocycles. The first-order chi connectivity index (χ1) is 10.5. The molecule has 1 atom stereocenters. The molecule has 1 aromatic heterocycles. The van der Waals surface area contributed by atoms with Crippen molar-refractivity contribution in [2.45, 2.75) is 19.4 Å². The summed E-state index contributed by atoms with van der Waals surface area (Å²) in [6, 6.07) is 7.45. The van der Waals surface area contributed by atoms with Gasteiger partial charge in [0.15, 0.2) is 0 Å². The lowest BCUT2D eigenvalue weighted by molar-refractivity contribution is 0.167. The van der Waals surface area contributed by atoms with Gasteiger partial charge >= 0.3 is 6.03 Å². The average molecular weight is 306 g/mol. The Balaban J connectivity index is 2.08. The number of nitrogens with zero attached hydrogens (tertiary/aromatic N) is 1. The fourth-order valence-electron chi connectivity index (χ4n) is 1.91. The standard InChI is InChI=1S/C16H19FN2O3/c1-11(20)7-8-19(2)16(21)18-14-10-12(5-6-13(14)17)15-4-3-9-22-15/h3-6,9-11,20H,7-8H2,1-2H3,(H,18,21). The summed E-state index contributed by atoms with van der Waals surface area (Å²) in [5.74, 6) is 0.0746. The highest BCUT2D eigenvalue weighted by molar-refractivity contribution is 5.90. The van der Waals surface area contributed by atoms with Gasteiger partial charge in [-0.05, 0) is 43.7 Å². The van der Waals surface area contributed by atoms with E-state index in [9.17, 15) is 14.3 Å². The minimum absolute atomic E-state index is 0.0859. The van der Waals surface area contributed by atoms with Crippen LogP contribution in [-0.4, -0.2) is 35.7 Å². The summed E-state index contributed by atoms with van der Waals surface area (Å²) >= 11 is 0. The van der Waals surface area contributed by atoms with Crippen molar-refractivity contribution < 1.29 is 18.7 Å². The van der Waals surface area contributed by atoms with Gasteiger partial charge in [-0.15, -0.1) is 0 Å². The fraction of sp³-hybridized carbons (Fsp3) is 0.312. The third kappa shape index (κ3) is 4.08. The number of carbonyl (C=O) groups excluding carboxylic acids is 1. The lowest BCUT2D eigenvalue weighted by Gasteiger charge is -2.19. The number of nitrogens with one attached hydrogen (secondary N) is 1. The van der Waals surface area contributed by atoms with Crippen LogP contribution in [0.2, 0.25) is 0 Å². The van der Waals surface area contributed by atoms with Crippen LogP contribution in [0.4, 0.5) is 14.9 Å². The molecule has 0 radical (unpaired) electrons. The first kappa shape index (κ1) is 16.0. The zero-order valence-corrected chi connectivity index (χ0v) is 12.5. The molecule has 118 valence electrons. The highest BCUT2D eigenvalue weighted by Crippen LogP contribution is 2.25. The summed E-state index contributed by atoms with van der Waals surface area (Å²) in [5.41, 5.74) is 0.760. The normalized spacial score (nSPS) is 12.0. The van der Waals surface area contributed by atoms with Crippen molar-refractivity contribution >= 4 is 11.7 Å². The predicted molar refractivity (Wildman–Crippen MR) is 82.0 cm³/mol. The lowest BCUT2D eigenvalue weighted by atomic mass is 10.1. The first-order valence-corrected chi connectivity index (χ1v) is 7.01. The number of aliphatic hydroxyl groups excluding tert-OH is 1. The SMILES string of the molecule is CC(O)CCN(C)C(=O)Nc1cc(-c2ccco2)ccc1F. The monoisotopic (exact) mass is 306 g/mol. The Morgan fingerprint density at radius 3 is 2.86 bits per heavy atom. The Morgan fingerprint density at radius 1 is 1.45 bits per heavy atom. The lowest BCUT2D eigenvalue weighted by Crippen LogP contribution is -2.33. The summed E-state index contributed by atoms with van der Waals surface area (Å²) in [6.45, 7) is 2.03. The molecular formula is C16H19FN2O3. The third-order valence-electron chi connectivity index (χ3n) is 3.24. The molecule has 22 heavy (non-hydrogen) atoms. The van der Waals surface area contributed by atoms with Crippen LogP contribution in [0.5, 0.6) is 0 Å². The van der Waals surface area contributed by atoms with Gasteiger partial charge in [-0.3, -0.25) is 0 Å². The number of amides is 2. The molecule has 1 aromatic carbocycles. The van der Waals surface area contributed by atoms with Crippen LogP contribution in [0.3, 0.4) is 0 Å². The Morgan fingerprint density at radius 2 is 2.23 bits per heavy atom.